The van der Waals surface area contributed by atoms with Gasteiger partial charge in [-0.25, -0.2) is 0 Å². The van der Waals surface area contributed by atoms with E-state index in [1.807, 2.05) is 30.0 Å². The fourth-order valence-electron chi connectivity index (χ4n) is 2.56. The van der Waals surface area contributed by atoms with E-state index >= 15 is 0 Å². The van der Waals surface area contributed by atoms with E-state index < -0.39 is 5.97 Å². The second-order valence-electron chi connectivity index (χ2n) is 5.32. The number of hydrogen-bond acceptors (Lipinski definition) is 2. The van der Waals surface area contributed by atoms with E-state index in [1.54, 1.807) is 0 Å². The van der Waals surface area contributed by atoms with Crippen LogP contribution in [0.3, 0.4) is 0 Å². The van der Waals surface area contributed by atoms with Gasteiger partial charge in [0, 0.05) is 23.1 Å². The predicted molar refractivity (Wildman–Crippen MR) is 84.8 cm³/mol. The summed E-state index contributed by atoms with van der Waals surface area (Å²) in [5, 5.41) is 8.80. The molecule has 0 saturated carbocycles. The van der Waals surface area contributed by atoms with Crippen molar-refractivity contribution in [3.8, 4) is 0 Å². The van der Waals surface area contributed by atoms with Gasteiger partial charge in [-0.2, -0.15) is 0 Å². The predicted octanol–water partition coefficient (Wildman–Crippen LogP) is 2.93. The van der Waals surface area contributed by atoms with Gasteiger partial charge >= 0.3 is 5.97 Å². The summed E-state index contributed by atoms with van der Waals surface area (Å²) in [5.41, 5.74) is 1.83. The zero-order chi connectivity index (χ0) is 14.7. The Labute approximate surface area is 132 Å². The highest BCUT2D eigenvalue weighted by Crippen LogP contribution is 2.23. The third kappa shape index (κ3) is 3.71. The average molecular weight is 387 g/mol. The standard InChI is InChI=1S/C15H18INO3/c1-10-2-3-13(16)12(8-10)15(20)17-6-4-11(5-7-17)9-14(18)19/h2-3,8,11H,4-7,9H2,1H3,(H,18,19). The highest BCUT2D eigenvalue weighted by Gasteiger charge is 2.25. The highest BCUT2D eigenvalue weighted by molar-refractivity contribution is 14.1. The monoisotopic (exact) mass is 387 g/mol. The third-order valence-corrected chi connectivity index (χ3v) is 4.66. The topological polar surface area (TPSA) is 57.6 Å². The fourth-order valence-corrected chi connectivity index (χ4v) is 3.13. The van der Waals surface area contributed by atoms with E-state index in [2.05, 4.69) is 22.6 Å². The maximum Gasteiger partial charge on any atom is 0.303 e. The van der Waals surface area contributed by atoms with Gasteiger partial charge in [-0.05, 0) is 60.4 Å². The summed E-state index contributed by atoms with van der Waals surface area (Å²) in [5.74, 6) is -0.483. The molecule has 1 amide bonds. The van der Waals surface area contributed by atoms with Crippen LogP contribution in [0.2, 0.25) is 0 Å². The lowest BCUT2D eigenvalue weighted by molar-refractivity contribution is -0.138. The molecule has 0 radical (unpaired) electrons. The molecule has 1 fully saturated rings. The van der Waals surface area contributed by atoms with Crippen molar-refractivity contribution in [1.82, 2.24) is 4.90 Å². The maximum atomic E-state index is 12.5. The Balaban J connectivity index is 2.01. The number of benzene rings is 1. The zero-order valence-electron chi connectivity index (χ0n) is 11.4. The van der Waals surface area contributed by atoms with Crippen LogP contribution in [-0.4, -0.2) is 35.0 Å². The Hall–Kier alpha value is -1.11. The third-order valence-electron chi connectivity index (χ3n) is 3.72. The summed E-state index contributed by atoms with van der Waals surface area (Å²) in [6.07, 6.45) is 1.77. The van der Waals surface area contributed by atoms with E-state index in [0.717, 1.165) is 27.5 Å². The lowest BCUT2D eigenvalue weighted by Gasteiger charge is -2.31. The van der Waals surface area contributed by atoms with Crippen LogP contribution >= 0.6 is 22.6 Å². The van der Waals surface area contributed by atoms with Crippen LogP contribution in [-0.2, 0) is 4.79 Å². The van der Waals surface area contributed by atoms with Gasteiger partial charge in [0.05, 0.1) is 5.56 Å². The Morgan fingerprint density at radius 3 is 2.60 bits per heavy atom. The van der Waals surface area contributed by atoms with Crippen molar-refractivity contribution in [3.05, 3.63) is 32.9 Å². The van der Waals surface area contributed by atoms with Gasteiger partial charge in [0.2, 0.25) is 0 Å². The number of amides is 1. The van der Waals surface area contributed by atoms with Gasteiger partial charge in [-0.1, -0.05) is 11.6 Å². The summed E-state index contributed by atoms with van der Waals surface area (Å²) < 4.78 is 0.964. The first kappa shape index (κ1) is 15.3. The molecule has 0 aromatic heterocycles. The summed E-state index contributed by atoms with van der Waals surface area (Å²) in [7, 11) is 0. The first-order chi connectivity index (χ1) is 9.47. The number of carbonyl (C=O) groups is 2. The molecule has 4 nitrogen and oxygen atoms in total. The van der Waals surface area contributed by atoms with Gasteiger partial charge in [-0.15, -0.1) is 0 Å². The number of likely N-dealkylation sites (tertiary alicyclic amines) is 1. The van der Waals surface area contributed by atoms with Gasteiger partial charge in [0.1, 0.15) is 0 Å². The average Bonchev–Trinajstić information content (AvgIpc) is 2.41. The van der Waals surface area contributed by atoms with Crippen molar-refractivity contribution in [1.29, 1.82) is 0 Å². The maximum absolute atomic E-state index is 12.5. The van der Waals surface area contributed by atoms with Crippen molar-refractivity contribution in [2.45, 2.75) is 26.2 Å². The largest absolute Gasteiger partial charge is 0.481 e. The van der Waals surface area contributed by atoms with E-state index in [9.17, 15) is 9.59 Å². The van der Waals surface area contributed by atoms with Crippen LogP contribution in [0.25, 0.3) is 0 Å². The second-order valence-corrected chi connectivity index (χ2v) is 6.48. The second kappa shape index (κ2) is 6.56. The summed E-state index contributed by atoms with van der Waals surface area (Å²) in [4.78, 5) is 25.1. The minimum absolute atomic E-state index is 0.0619. The normalized spacial score (nSPS) is 16.2. The molecule has 0 spiro atoms. The van der Waals surface area contributed by atoms with E-state index in [0.29, 0.717) is 13.1 Å². The number of aliphatic carboxylic acids is 1. The molecule has 1 heterocycles. The molecule has 0 bridgehead atoms. The first-order valence-electron chi connectivity index (χ1n) is 6.74. The lowest BCUT2D eigenvalue weighted by atomic mass is 9.93. The molecule has 1 N–H and O–H groups in total. The van der Waals surface area contributed by atoms with E-state index in [4.69, 9.17) is 5.11 Å². The lowest BCUT2D eigenvalue weighted by Crippen LogP contribution is -2.39. The van der Waals surface area contributed by atoms with Gasteiger partial charge in [0.25, 0.3) is 5.91 Å². The molecule has 0 aliphatic carbocycles. The molecule has 2 rings (SSSR count). The molecule has 20 heavy (non-hydrogen) atoms. The van der Waals surface area contributed by atoms with Crippen molar-refractivity contribution in [2.75, 3.05) is 13.1 Å². The summed E-state index contributed by atoms with van der Waals surface area (Å²) in [6.45, 7) is 3.29. The molecule has 1 aliphatic rings. The molecule has 108 valence electrons. The molecular formula is C15H18INO3. The molecule has 5 heteroatoms. The number of halogens is 1. The minimum atomic E-state index is -0.747. The van der Waals surface area contributed by atoms with Gasteiger partial charge in [-0.3, -0.25) is 9.59 Å². The SMILES string of the molecule is Cc1ccc(I)c(C(=O)N2CCC(CC(=O)O)CC2)c1. The van der Waals surface area contributed by atoms with Crippen molar-refractivity contribution in [3.63, 3.8) is 0 Å². The quantitative estimate of drug-likeness (QED) is 0.812. The van der Waals surface area contributed by atoms with Crippen LogP contribution in [0.15, 0.2) is 18.2 Å². The summed E-state index contributed by atoms with van der Waals surface area (Å²) in [6, 6.07) is 5.88. The van der Waals surface area contributed by atoms with Gasteiger partial charge < -0.3 is 10.0 Å². The van der Waals surface area contributed by atoms with Gasteiger partial charge in [0.15, 0.2) is 0 Å². The first-order valence-corrected chi connectivity index (χ1v) is 7.82. The van der Waals surface area contributed by atoms with E-state index in [-0.39, 0.29) is 18.2 Å². The fraction of sp³-hybridized carbons (Fsp3) is 0.467. The van der Waals surface area contributed by atoms with Crippen LogP contribution < -0.4 is 0 Å². The zero-order valence-corrected chi connectivity index (χ0v) is 13.6. The Morgan fingerprint density at radius 2 is 2.00 bits per heavy atom. The molecule has 1 aromatic rings. The van der Waals surface area contributed by atoms with Crippen LogP contribution in [0.1, 0.15) is 35.2 Å². The molecule has 0 unspecified atom stereocenters. The molecular weight excluding hydrogens is 369 g/mol. The van der Waals surface area contributed by atoms with Crippen LogP contribution in [0, 0.1) is 16.4 Å². The smallest absolute Gasteiger partial charge is 0.303 e. The minimum Gasteiger partial charge on any atom is -0.481 e. The number of carboxylic acid groups (broad SMARTS) is 1. The molecule has 1 aromatic carbocycles. The number of nitrogens with zero attached hydrogens (tertiary/aromatic N) is 1. The van der Waals surface area contributed by atoms with E-state index in [1.165, 1.54) is 0 Å². The number of rotatable bonds is 3. The Morgan fingerprint density at radius 1 is 1.35 bits per heavy atom. The van der Waals surface area contributed by atoms with Crippen molar-refractivity contribution < 1.29 is 14.7 Å². The number of aryl methyl sites for hydroxylation is 1. The van der Waals surface area contributed by atoms with Crippen molar-refractivity contribution in [2.24, 2.45) is 5.92 Å². The number of carbonyl (C=O) groups excluding carboxylic acids is 1. The molecule has 0 atom stereocenters. The molecule has 1 saturated heterocycles. The highest BCUT2D eigenvalue weighted by atomic mass is 127. The van der Waals surface area contributed by atoms with Crippen LogP contribution in [0.4, 0.5) is 0 Å². The number of hydrogen-bond donors (Lipinski definition) is 1. The van der Waals surface area contributed by atoms with Crippen molar-refractivity contribution >= 4 is 34.5 Å². The Bertz CT molecular complexity index is 522. The Kier molecular flexibility index (Phi) is 5.01. The number of carboxylic acids is 1. The molecule has 1 aliphatic heterocycles. The van der Waals surface area contributed by atoms with Crippen LogP contribution in [0.5, 0.6) is 0 Å². The summed E-state index contributed by atoms with van der Waals surface area (Å²) >= 11 is 2.18. The number of piperidine rings is 1.